The van der Waals surface area contributed by atoms with Crippen molar-refractivity contribution >= 4 is 30.2 Å². The van der Waals surface area contributed by atoms with Gasteiger partial charge in [-0.3, -0.25) is 4.79 Å². The topological polar surface area (TPSA) is 80.0 Å². The fourth-order valence-electron chi connectivity index (χ4n) is 2.24. The van der Waals surface area contributed by atoms with Crippen molar-refractivity contribution in [3.63, 3.8) is 0 Å². The Morgan fingerprint density at radius 3 is 2.36 bits per heavy atom. The Hall–Kier alpha value is -1.09. The summed E-state index contributed by atoms with van der Waals surface area (Å²) in [5.74, 6) is 0.737. The SMILES string of the molecule is COC(=O)[C@H](N)[C@H](O[Si](C)(C)C(C)(C)C)c1cc2c(cc1Br)OCO2. The van der Waals surface area contributed by atoms with Crippen LogP contribution in [-0.4, -0.2) is 34.2 Å². The number of carbonyl (C=O) groups excluding carboxylic acids is 1. The molecule has 0 spiro atoms. The van der Waals surface area contributed by atoms with Crippen molar-refractivity contribution < 1.29 is 23.4 Å². The van der Waals surface area contributed by atoms with E-state index < -0.39 is 26.4 Å². The number of methoxy groups -OCH3 is 1. The van der Waals surface area contributed by atoms with Gasteiger partial charge >= 0.3 is 5.97 Å². The summed E-state index contributed by atoms with van der Waals surface area (Å²) >= 11 is 3.54. The van der Waals surface area contributed by atoms with E-state index in [2.05, 4.69) is 49.8 Å². The Morgan fingerprint density at radius 2 is 1.84 bits per heavy atom. The Kier molecular flexibility index (Phi) is 5.87. The maximum Gasteiger partial charge on any atom is 0.325 e. The first-order valence-electron chi connectivity index (χ1n) is 8.08. The minimum atomic E-state index is -2.20. The highest BCUT2D eigenvalue weighted by molar-refractivity contribution is 9.10. The highest BCUT2D eigenvalue weighted by atomic mass is 79.9. The molecule has 1 heterocycles. The highest BCUT2D eigenvalue weighted by Crippen LogP contribution is 2.44. The molecule has 6 nitrogen and oxygen atoms in total. The smallest absolute Gasteiger partial charge is 0.325 e. The van der Waals surface area contributed by atoms with E-state index in [0.717, 1.165) is 10.0 Å². The van der Waals surface area contributed by atoms with Gasteiger partial charge in [-0.05, 0) is 35.8 Å². The third-order valence-electron chi connectivity index (χ3n) is 4.83. The maximum atomic E-state index is 12.1. The van der Waals surface area contributed by atoms with Gasteiger partial charge in [-0.15, -0.1) is 0 Å². The molecule has 2 atom stereocenters. The summed E-state index contributed by atoms with van der Waals surface area (Å²) in [5, 5.41) is -0.0378. The largest absolute Gasteiger partial charge is 0.468 e. The summed E-state index contributed by atoms with van der Waals surface area (Å²) in [6.07, 6.45) is -0.655. The molecule has 0 unspecified atom stereocenters. The third kappa shape index (κ3) is 4.19. The van der Waals surface area contributed by atoms with Crippen molar-refractivity contribution in [2.45, 2.75) is 51.0 Å². The standard InChI is InChI=1S/C17H26BrNO5Si/c1-17(2,3)25(5,6)24-15(14(19)16(20)21-4)10-7-12-13(8-11(10)18)23-9-22-12/h7-8,14-15H,9,19H2,1-6H3/t14-,15-/m1/s1. The first-order valence-corrected chi connectivity index (χ1v) is 11.8. The number of carbonyl (C=O) groups is 1. The van der Waals surface area contributed by atoms with Crippen LogP contribution in [0.2, 0.25) is 18.1 Å². The molecular weight excluding hydrogens is 406 g/mol. The molecule has 0 bridgehead atoms. The Labute approximate surface area is 158 Å². The van der Waals surface area contributed by atoms with Crippen LogP contribution in [0, 0.1) is 0 Å². The zero-order chi connectivity index (χ0) is 19.0. The van der Waals surface area contributed by atoms with Crippen LogP contribution in [0.1, 0.15) is 32.4 Å². The molecule has 0 saturated carbocycles. The molecule has 0 aliphatic carbocycles. The van der Waals surface area contributed by atoms with Crippen LogP contribution >= 0.6 is 15.9 Å². The number of fused-ring (bicyclic) bond motifs is 1. The Balaban J connectivity index is 2.47. The molecule has 2 rings (SSSR count). The van der Waals surface area contributed by atoms with Gasteiger partial charge in [0.1, 0.15) is 6.04 Å². The molecule has 8 heteroatoms. The van der Waals surface area contributed by atoms with Gasteiger partial charge in [-0.1, -0.05) is 36.7 Å². The summed E-state index contributed by atoms with van der Waals surface area (Å²) in [6.45, 7) is 10.8. The van der Waals surface area contributed by atoms with Crippen molar-refractivity contribution in [3.05, 3.63) is 22.2 Å². The average molecular weight is 432 g/mol. The molecule has 1 aliphatic rings. The molecule has 0 radical (unpaired) electrons. The van der Waals surface area contributed by atoms with E-state index in [1.807, 2.05) is 12.1 Å². The molecule has 140 valence electrons. The monoisotopic (exact) mass is 431 g/mol. The van der Waals surface area contributed by atoms with Crippen LogP contribution < -0.4 is 15.2 Å². The number of ether oxygens (including phenoxy) is 3. The number of nitrogens with two attached hydrogens (primary N) is 1. The molecule has 2 N–H and O–H groups in total. The van der Waals surface area contributed by atoms with Gasteiger partial charge in [-0.25, -0.2) is 0 Å². The maximum absolute atomic E-state index is 12.1. The molecule has 25 heavy (non-hydrogen) atoms. The van der Waals surface area contributed by atoms with Crippen LogP contribution in [0.25, 0.3) is 0 Å². The fraction of sp³-hybridized carbons (Fsp3) is 0.588. The molecule has 0 amide bonds. The predicted molar refractivity (Wildman–Crippen MR) is 101 cm³/mol. The number of halogens is 1. The number of esters is 1. The lowest BCUT2D eigenvalue weighted by atomic mass is 10.0. The molecule has 0 aromatic heterocycles. The Bertz CT molecular complexity index is 659. The molecule has 0 fully saturated rings. The number of rotatable bonds is 5. The van der Waals surface area contributed by atoms with Crippen LogP contribution in [0.4, 0.5) is 0 Å². The van der Waals surface area contributed by atoms with Gasteiger partial charge in [0.05, 0.1) is 13.2 Å². The quantitative estimate of drug-likeness (QED) is 0.564. The number of benzene rings is 1. The lowest BCUT2D eigenvalue weighted by Gasteiger charge is -2.40. The summed E-state index contributed by atoms with van der Waals surface area (Å²) in [7, 11) is -0.882. The van der Waals surface area contributed by atoms with E-state index in [9.17, 15) is 4.79 Å². The van der Waals surface area contributed by atoms with Gasteiger partial charge in [0.25, 0.3) is 0 Å². The fourth-order valence-corrected chi connectivity index (χ4v) is 4.04. The molecule has 1 aromatic carbocycles. The van der Waals surface area contributed by atoms with Crippen molar-refractivity contribution in [1.82, 2.24) is 0 Å². The van der Waals surface area contributed by atoms with E-state index in [4.69, 9.17) is 24.4 Å². The van der Waals surface area contributed by atoms with Crippen LogP contribution in [0.15, 0.2) is 16.6 Å². The normalized spacial score (nSPS) is 16.5. The minimum Gasteiger partial charge on any atom is -0.468 e. The van der Waals surface area contributed by atoms with E-state index in [0.29, 0.717) is 11.5 Å². The van der Waals surface area contributed by atoms with E-state index in [-0.39, 0.29) is 11.8 Å². The second-order valence-corrected chi connectivity index (χ2v) is 13.2. The first-order chi connectivity index (χ1) is 11.5. The van der Waals surface area contributed by atoms with Crippen molar-refractivity contribution in [2.24, 2.45) is 5.73 Å². The summed E-state index contributed by atoms with van der Waals surface area (Å²) in [6, 6.07) is 2.67. The predicted octanol–water partition coefficient (Wildman–Crippen LogP) is 3.74. The second-order valence-electron chi connectivity index (χ2n) is 7.57. The number of hydrogen-bond donors (Lipinski definition) is 1. The van der Waals surface area contributed by atoms with E-state index in [1.54, 1.807) is 0 Å². The molecule has 1 aromatic rings. The van der Waals surface area contributed by atoms with Gasteiger partial charge in [0.15, 0.2) is 19.8 Å². The van der Waals surface area contributed by atoms with E-state index in [1.165, 1.54) is 7.11 Å². The van der Waals surface area contributed by atoms with E-state index >= 15 is 0 Å². The van der Waals surface area contributed by atoms with Crippen molar-refractivity contribution in [1.29, 1.82) is 0 Å². The summed E-state index contributed by atoms with van der Waals surface area (Å²) in [5.41, 5.74) is 6.94. The lowest BCUT2D eigenvalue weighted by Crippen LogP contribution is -2.48. The van der Waals surface area contributed by atoms with Crippen molar-refractivity contribution in [3.8, 4) is 11.5 Å². The van der Waals surface area contributed by atoms with Gasteiger partial charge in [0.2, 0.25) is 6.79 Å². The average Bonchev–Trinajstić information content (AvgIpc) is 2.96. The molecular formula is C17H26BrNO5Si. The van der Waals surface area contributed by atoms with Crippen molar-refractivity contribution in [2.75, 3.05) is 13.9 Å². The highest BCUT2D eigenvalue weighted by Gasteiger charge is 2.43. The zero-order valence-corrected chi connectivity index (χ0v) is 18.1. The summed E-state index contributed by atoms with van der Waals surface area (Å²) in [4.78, 5) is 12.1. The van der Waals surface area contributed by atoms with Crippen LogP contribution in [0.3, 0.4) is 0 Å². The molecule has 1 aliphatic heterocycles. The van der Waals surface area contributed by atoms with Crippen LogP contribution in [-0.2, 0) is 14.0 Å². The first kappa shape index (κ1) is 20.2. The molecule has 0 saturated heterocycles. The van der Waals surface area contributed by atoms with Crippen LogP contribution in [0.5, 0.6) is 11.5 Å². The zero-order valence-electron chi connectivity index (χ0n) is 15.5. The second kappa shape index (κ2) is 7.26. The third-order valence-corrected chi connectivity index (χ3v) is 9.97. The summed E-state index contributed by atoms with van der Waals surface area (Å²) < 4.78 is 23.0. The Morgan fingerprint density at radius 1 is 1.28 bits per heavy atom. The number of hydrogen-bond acceptors (Lipinski definition) is 6. The lowest BCUT2D eigenvalue weighted by molar-refractivity contribution is -0.144. The van der Waals surface area contributed by atoms with Gasteiger partial charge in [0, 0.05) is 4.47 Å². The van der Waals surface area contributed by atoms with Gasteiger partial charge in [-0.2, -0.15) is 0 Å². The minimum absolute atomic E-state index is 0.0378. The van der Waals surface area contributed by atoms with Gasteiger partial charge < -0.3 is 24.4 Å².